The van der Waals surface area contributed by atoms with E-state index in [2.05, 4.69) is 9.71 Å². The summed E-state index contributed by atoms with van der Waals surface area (Å²) in [6.07, 6.45) is 0. The quantitative estimate of drug-likeness (QED) is 0.351. The Balaban J connectivity index is 1.63. The number of nitrogens with zero attached hydrogens (tertiary/aromatic N) is 2. The molecule has 0 atom stereocenters. The molecular formula is C25H23N3O6S2. The van der Waals surface area contributed by atoms with Crippen LogP contribution in [0.4, 0.5) is 5.69 Å². The number of amides is 1. The summed E-state index contributed by atoms with van der Waals surface area (Å²) in [5.74, 6) is -0.940. The number of nitrogens with one attached hydrogen (secondary N) is 1. The van der Waals surface area contributed by atoms with E-state index in [9.17, 15) is 18.0 Å². The fraction of sp³-hybridized carbons (Fsp3) is 0.160. The summed E-state index contributed by atoms with van der Waals surface area (Å²) < 4.78 is 40.1. The molecule has 4 rings (SSSR count). The minimum atomic E-state index is -3.74. The van der Waals surface area contributed by atoms with Gasteiger partial charge in [-0.25, -0.2) is 13.2 Å². The molecule has 4 aromatic rings. The molecule has 9 nitrogen and oxygen atoms in total. The van der Waals surface area contributed by atoms with Crippen LogP contribution in [0.25, 0.3) is 10.2 Å². The Labute approximate surface area is 211 Å². The van der Waals surface area contributed by atoms with Crippen LogP contribution in [-0.4, -0.2) is 45.7 Å². The number of ether oxygens (including phenoxy) is 2. The van der Waals surface area contributed by atoms with Crippen molar-refractivity contribution in [3.63, 3.8) is 0 Å². The van der Waals surface area contributed by atoms with Crippen molar-refractivity contribution in [3.8, 4) is 0 Å². The molecule has 1 amide bonds. The lowest BCUT2D eigenvalue weighted by Crippen LogP contribution is -2.19. The first-order valence-electron chi connectivity index (χ1n) is 10.8. The summed E-state index contributed by atoms with van der Waals surface area (Å²) >= 11 is 1.27. The van der Waals surface area contributed by atoms with Gasteiger partial charge in [-0.3, -0.25) is 9.52 Å². The van der Waals surface area contributed by atoms with Crippen LogP contribution in [0, 0.1) is 0 Å². The number of aromatic nitrogens is 1. The number of rotatable bonds is 8. The number of methoxy groups -OCH3 is 2. The molecule has 0 unspecified atom stereocenters. The van der Waals surface area contributed by atoms with Crippen molar-refractivity contribution in [1.82, 2.24) is 4.57 Å². The van der Waals surface area contributed by atoms with Crippen LogP contribution < -0.4 is 9.52 Å². The highest BCUT2D eigenvalue weighted by Crippen LogP contribution is 2.21. The Morgan fingerprint density at radius 3 is 2.33 bits per heavy atom. The van der Waals surface area contributed by atoms with Crippen LogP contribution in [0.3, 0.4) is 0 Å². The smallest absolute Gasteiger partial charge is 0.337 e. The fourth-order valence-corrected chi connectivity index (χ4v) is 5.62. The molecule has 0 spiro atoms. The Bertz CT molecular complexity index is 1570. The zero-order valence-electron chi connectivity index (χ0n) is 19.5. The Hall–Kier alpha value is -3.80. The lowest BCUT2D eigenvalue weighted by molar-refractivity contribution is 0.0600. The summed E-state index contributed by atoms with van der Waals surface area (Å²) in [6, 6.07) is 19.2. The van der Waals surface area contributed by atoms with E-state index in [-0.39, 0.29) is 4.90 Å². The molecule has 0 fully saturated rings. The Kier molecular flexibility index (Phi) is 7.63. The van der Waals surface area contributed by atoms with E-state index in [0.717, 1.165) is 10.2 Å². The van der Waals surface area contributed by atoms with Crippen LogP contribution in [0.15, 0.2) is 82.7 Å². The van der Waals surface area contributed by atoms with Gasteiger partial charge in [0.05, 0.1) is 34.4 Å². The number of hydrogen-bond acceptors (Lipinski definition) is 7. The van der Waals surface area contributed by atoms with Crippen molar-refractivity contribution in [1.29, 1.82) is 0 Å². The first-order valence-corrected chi connectivity index (χ1v) is 13.1. The number of anilines is 1. The second-order valence-electron chi connectivity index (χ2n) is 7.62. The van der Waals surface area contributed by atoms with Gasteiger partial charge in [0.15, 0.2) is 4.80 Å². The molecule has 0 saturated carbocycles. The van der Waals surface area contributed by atoms with Crippen LogP contribution >= 0.6 is 11.3 Å². The third kappa shape index (κ3) is 5.54. The van der Waals surface area contributed by atoms with Crippen LogP contribution in [0.2, 0.25) is 0 Å². The molecule has 3 aromatic carbocycles. The highest BCUT2D eigenvalue weighted by molar-refractivity contribution is 7.92. The maximum atomic E-state index is 12.9. The van der Waals surface area contributed by atoms with Gasteiger partial charge in [-0.15, -0.1) is 0 Å². The highest BCUT2D eigenvalue weighted by Gasteiger charge is 2.15. The van der Waals surface area contributed by atoms with Crippen molar-refractivity contribution < 1.29 is 27.5 Å². The zero-order valence-corrected chi connectivity index (χ0v) is 21.1. The number of benzene rings is 3. The molecule has 1 aromatic heterocycles. The van der Waals surface area contributed by atoms with Gasteiger partial charge in [-0.2, -0.15) is 4.99 Å². The summed E-state index contributed by atoms with van der Waals surface area (Å²) in [6.45, 7) is 0.864. The molecule has 0 bridgehead atoms. The summed E-state index contributed by atoms with van der Waals surface area (Å²) in [5, 5.41) is 0. The van der Waals surface area contributed by atoms with Crippen molar-refractivity contribution in [2.75, 3.05) is 25.5 Å². The number of thiazole rings is 1. The second kappa shape index (κ2) is 10.9. The van der Waals surface area contributed by atoms with Crippen molar-refractivity contribution in [3.05, 3.63) is 88.7 Å². The fourth-order valence-electron chi connectivity index (χ4n) is 3.45. The minimum absolute atomic E-state index is 0.140. The summed E-state index contributed by atoms with van der Waals surface area (Å²) in [4.78, 5) is 29.7. The van der Waals surface area contributed by atoms with Crippen molar-refractivity contribution in [2.45, 2.75) is 11.4 Å². The predicted molar refractivity (Wildman–Crippen MR) is 137 cm³/mol. The van der Waals surface area contributed by atoms with Gasteiger partial charge in [-0.1, -0.05) is 29.5 Å². The molecular weight excluding hydrogens is 502 g/mol. The first-order chi connectivity index (χ1) is 17.3. The lowest BCUT2D eigenvalue weighted by atomic mass is 10.2. The van der Waals surface area contributed by atoms with Gasteiger partial charge in [0, 0.05) is 24.9 Å². The number of fused-ring (bicyclic) bond motifs is 1. The average Bonchev–Trinajstić information content (AvgIpc) is 3.23. The van der Waals surface area contributed by atoms with E-state index < -0.39 is 21.9 Å². The van der Waals surface area contributed by atoms with Gasteiger partial charge in [0.25, 0.3) is 15.9 Å². The molecule has 1 heterocycles. The number of esters is 1. The molecule has 0 aliphatic heterocycles. The number of hydrogen-bond donors (Lipinski definition) is 1. The van der Waals surface area contributed by atoms with Crippen molar-refractivity contribution >= 4 is 49.1 Å². The largest absolute Gasteiger partial charge is 0.465 e. The minimum Gasteiger partial charge on any atom is -0.465 e. The molecule has 11 heteroatoms. The number of carbonyl (C=O) groups is 2. The maximum Gasteiger partial charge on any atom is 0.337 e. The van der Waals surface area contributed by atoms with E-state index in [0.29, 0.717) is 34.8 Å². The van der Waals surface area contributed by atoms with Crippen LogP contribution in [-0.2, 0) is 26.0 Å². The lowest BCUT2D eigenvalue weighted by Gasteiger charge is -2.08. The van der Waals surface area contributed by atoms with E-state index >= 15 is 0 Å². The molecule has 1 N–H and O–H groups in total. The summed E-state index contributed by atoms with van der Waals surface area (Å²) in [5.41, 5.74) is 1.82. The molecule has 186 valence electrons. The number of carbonyl (C=O) groups excluding carboxylic acids is 2. The third-order valence-corrected chi connectivity index (χ3v) is 7.70. The van der Waals surface area contributed by atoms with E-state index in [4.69, 9.17) is 9.47 Å². The topological polar surface area (TPSA) is 116 Å². The molecule has 0 aliphatic rings. The normalized spacial score (nSPS) is 12.0. The second-order valence-corrected chi connectivity index (χ2v) is 10.3. The van der Waals surface area contributed by atoms with Gasteiger partial charge >= 0.3 is 5.97 Å². The monoisotopic (exact) mass is 525 g/mol. The van der Waals surface area contributed by atoms with E-state index in [1.807, 2.05) is 4.57 Å². The molecule has 36 heavy (non-hydrogen) atoms. The van der Waals surface area contributed by atoms with Gasteiger partial charge in [0.2, 0.25) is 0 Å². The average molecular weight is 526 g/mol. The molecule has 0 aliphatic carbocycles. The zero-order chi connectivity index (χ0) is 25.7. The highest BCUT2D eigenvalue weighted by atomic mass is 32.2. The van der Waals surface area contributed by atoms with Crippen LogP contribution in [0.1, 0.15) is 20.7 Å². The molecule has 0 saturated heterocycles. The third-order valence-electron chi connectivity index (χ3n) is 5.26. The van der Waals surface area contributed by atoms with E-state index in [1.54, 1.807) is 43.5 Å². The van der Waals surface area contributed by atoms with Crippen molar-refractivity contribution in [2.24, 2.45) is 4.99 Å². The maximum absolute atomic E-state index is 12.9. The Morgan fingerprint density at radius 2 is 1.67 bits per heavy atom. The van der Waals surface area contributed by atoms with Gasteiger partial charge in [0.1, 0.15) is 0 Å². The first kappa shape index (κ1) is 25.3. The molecule has 0 radical (unpaired) electrons. The van der Waals surface area contributed by atoms with Crippen LogP contribution in [0.5, 0.6) is 0 Å². The predicted octanol–water partition coefficient (Wildman–Crippen LogP) is 3.68. The number of sulfonamides is 1. The Morgan fingerprint density at radius 1 is 0.972 bits per heavy atom. The van der Waals surface area contributed by atoms with Gasteiger partial charge < -0.3 is 14.0 Å². The standard InChI is InChI=1S/C25H23N3O6S2/c1-33-15-14-28-21-13-10-18(24(30)34-2)16-22(21)35-25(28)26-23(29)17-8-11-19(12-9-17)27-36(31,32)20-6-4-3-5-7-20/h3-13,16,27H,14-15H2,1-2H3. The van der Waals surface area contributed by atoms with E-state index in [1.165, 1.54) is 54.8 Å². The summed E-state index contributed by atoms with van der Waals surface area (Å²) in [7, 11) is -0.841. The van der Waals surface area contributed by atoms with Gasteiger partial charge in [-0.05, 0) is 54.6 Å². The SMILES string of the molecule is COCCn1c(=NC(=O)c2ccc(NS(=O)(=O)c3ccccc3)cc2)sc2cc(C(=O)OC)ccc21.